The van der Waals surface area contributed by atoms with Gasteiger partial charge in [-0.1, -0.05) is 13.0 Å². The summed E-state index contributed by atoms with van der Waals surface area (Å²) in [4.78, 5) is 2.41. The minimum atomic E-state index is 0.208. The Labute approximate surface area is 115 Å². The monoisotopic (exact) mass is 264 g/mol. The number of nitrogens with zero attached hydrogens (tertiary/aromatic N) is 1. The van der Waals surface area contributed by atoms with Gasteiger partial charge in [0.25, 0.3) is 0 Å². The zero-order valence-electron chi connectivity index (χ0n) is 11.8. The van der Waals surface area contributed by atoms with Gasteiger partial charge < -0.3 is 15.6 Å². The van der Waals surface area contributed by atoms with Crippen LogP contribution in [0.3, 0.4) is 0 Å². The van der Waals surface area contributed by atoms with Gasteiger partial charge in [-0.2, -0.15) is 0 Å². The van der Waals surface area contributed by atoms with Crippen molar-refractivity contribution in [2.24, 2.45) is 11.7 Å². The molecule has 1 fully saturated rings. The highest BCUT2D eigenvalue weighted by Crippen LogP contribution is 2.28. The third kappa shape index (κ3) is 3.61. The average Bonchev–Trinajstić information content (AvgIpc) is 2.38. The normalized spacial score (nSPS) is 24.4. The predicted octanol–water partition coefficient (Wildman–Crippen LogP) is 1.96. The van der Waals surface area contributed by atoms with Gasteiger partial charge in [-0.25, -0.2) is 0 Å². The summed E-state index contributed by atoms with van der Waals surface area (Å²) in [6.07, 6.45) is 1.05. The van der Waals surface area contributed by atoms with E-state index in [1.807, 2.05) is 19.1 Å². The number of likely N-dealkylation sites (tertiary alicyclic amines) is 1. The maximum Gasteiger partial charge on any atom is 0.161 e. The van der Waals surface area contributed by atoms with Crippen LogP contribution in [-0.4, -0.2) is 35.7 Å². The number of rotatable bonds is 4. The molecule has 0 amide bonds. The lowest BCUT2D eigenvalue weighted by molar-refractivity contribution is 0.157. The topological polar surface area (TPSA) is 58.7 Å². The molecule has 0 radical (unpaired) electrons. The van der Waals surface area contributed by atoms with Crippen LogP contribution in [0, 0.1) is 5.92 Å². The molecule has 1 aromatic rings. The van der Waals surface area contributed by atoms with E-state index in [0.717, 1.165) is 26.1 Å². The summed E-state index contributed by atoms with van der Waals surface area (Å²) in [5.41, 5.74) is 7.21. The maximum atomic E-state index is 9.69. The molecule has 0 saturated carbocycles. The van der Waals surface area contributed by atoms with Crippen molar-refractivity contribution in [3.63, 3.8) is 0 Å². The van der Waals surface area contributed by atoms with Crippen LogP contribution >= 0.6 is 0 Å². The van der Waals surface area contributed by atoms with Crippen LogP contribution in [0.2, 0.25) is 0 Å². The highest BCUT2D eigenvalue weighted by Gasteiger charge is 2.23. The number of nitrogens with two attached hydrogens (primary N) is 1. The third-order valence-corrected chi connectivity index (χ3v) is 3.79. The molecule has 3 N–H and O–H groups in total. The summed E-state index contributed by atoms with van der Waals surface area (Å²) in [5.74, 6) is 1.32. The van der Waals surface area contributed by atoms with Crippen molar-refractivity contribution in [3.8, 4) is 11.5 Å². The highest BCUT2D eigenvalue weighted by atomic mass is 16.5. The summed E-state index contributed by atoms with van der Waals surface area (Å²) in [5, 5.41) is 9.69. The summed E-state index contributed by atoms with van der Waals surface area (Å²) in [6, 6.07) is 5.92. The van der Waals surface area contributed by atoms with Gasteiger partial charge in [-0.3, -0.25) is 4.90 Å². The van der Waals surface area contributed by atoms with Crippen LogP contribution in [0.4, 0.5) is 0 Å². The second-order valence-electron chi connectivity index (χ2n) is 5.40. The zero-order chi connectivity index (χ0) is 13.8. The molecule has 1 aromatic carbocycles. The van der Waals surface area contributed by atoms with Gasteiger partial charge in [-0.15, -0.1) is 0 Å². The van der Waals surface area contributed by atoms with Crippen LogP contribution in [-0.2, 0) is 6.54 Å². The minimum absolute atomic E-state index is 0.208. The molecule has 19 heavy (non-hydrogen) atoms. The Balaban J connectivity index is 2.01. The van der Waals surface area contributed by atoms with E-state index in [-0.39, 0.29) is 5.75 Å². The fourth-order valence-corrected chi connectivity index (χ4v) is 2.58. The van der Waals surface area contributed by atoms with Crippen molar-refractivity contribution in [3.05, 3.63) is 23.8 Å². The van der Waals surface area contributed by atoms with E-state index in [2.05, 4.69) is 11.8 Å². The Morgan fingerprint density at radius 1 is 1.47 bits per heavy atom. The quantitative estimate of drug-likeness (QED) is 0.873. The molecular weight excluding hydrogens is 240 g/mol. The van der Waals surface area contributed by atoms with Crippen LogP contribution in [0.1, 0.15) is 25.8 Å². The van der Waals surface area contributed by atoms with Crippen molar-refractivity contribution in [2.75, 3.05) is 19.7 Å². The third-order valence-electron chi connectivity index (χ3n) is 3.79. The van der Waals surface area contributed by atoms with Crippen LogP contribution < -0.4 is 10.5 Å². The summed E-state index contributed by atoms with van der Waals surface area (Å²) in [6.45, 7) is 7.64. The Morgan fingerprint density at radius 2 is 2.26 bits per heavy atom. The van der Waals surface area contributed by atoms with Crippen LogP contribution in [0.25, 0.3) is 0 Å². The standard InChI is InChI=1S/C15H24N2O2/c1-3-19-15-8-12(4-5-14(15)18)10-17-7-6-13(16)11(2)9-17/h4-5,8,11,13,18H,3,6-7,9-10,16H2,1-2H3. The van der Waals surface area contributed by atoms with Gasteiger partial charge in [0.1, 0.15) is 0 Å². The van der Waals surface area contributed by atoms with E-state index in [1.165, 1.54) is 5.56 Å². The molecule has 106 valence electrons. The smallest absolute Gasteiger partial charge is 0.161 e. The van der Waals surface area contributed by atoms with E-state index in [1.54, 1.807) is 6.07 Å². The first-order chi connectivity index (χ1) is 9.10. The molecule has 0 aromatic heterocycles. The van der Waals surface area contributed by atoms with E-state index >= 15 is 0 Å². The van der Waals surface area contributed by atoms with Gasteiger partial charge in [-0.05, 0) is 43.5 Å². The zero-order valence-corrected chi connectivity index (χ0v) is 11.8. The van der Waals surface area contributed by atoms with E-state index in [0.29, 0.717) is 24.3 Å². The molecule has 0 aliphatic carbocycles. The Morgan fingerprint density at radius 3 is 2.95 bits per heavy atom. The SMILES string of the molecule is CCOc1cc(CN2CCC(N)C(C)C2)ccc1O. The fourth-order valence-electron chi connectivity index (χ4n) is 2.58. The number of hydrogen-bond acceptors (Lipinski definition) is 4. The first kappa shape index (κ1) is 14.2. The van der Waals surface area contributed by atoms with Crippen molar-refractivity contribution in [1.29, 1.82) is 0 Å². The number of phenolic OH excluding ortho intramolecular Hbond substituents is 1. The van der Waals surface area contributed by atoms with Crippen molar-refractivity contribution >= 4 is 0 Å². The fraction of sp³-hybridized carbons (Fsp3) is 0.600. The van der Waals surface area contributed by atoms with Crippen LogP contribution in [0.15, 0.2) is 18.2 Å². The van der Waals surface area contributed by atoms with Gasteiger partial charge >= 0.3 is 0 Å². The van der Waals surface area contributed by atoms with Gasteiger partial charge in [0.2, 0.25) is 0 Å². The molecule has 4 nitrogen and oxygen atoms in total. The largest absolute Gasteiger partial charge is 0.504 e. The number of ether oxygens (including phenoxy) is 1. The molecule has 2 unspecified atom stereocenters. The molecule has 1 heterocycles. The molecule has 0 bridgehead atoms. The highest BCUT2D eigenvalue weighted by molar-refractivity contribution is 5.41. The average molecular weight is 264 g/mol. The van der Waals surface area contributed by atoms with E-state index in [4.69, 9.17) is 10.5 Å². The number of phenols is 1. The second kappa shape index (κ2) is 6.26. The molecule has 4 heteroatoms. The minimum Gasteiger partial charge on any atom is -0.504 e. The Kier molecular flexibility index (Phi) is 4.66. The Hall–Kier alpha value is -1.26. The summed E-state index contributed by atoms with van der Waals surface area (Å²) in [7, 11) is 0. The lowest BCUT2D eigenvalue weighted by Gasteiger charge is -2.35. The first-order valence-corrected chi connectivity index (χ1v) is 7.02. The molecule has 1 saturated heterocycles. The molecule has 1 aliphatic heterocycles. The van der Waals surface area contributed by atoms with Gasteiger partial charge in [0.15, 0.2) is 11.5 Å². The van der Waals surface area contributed by atoms with Crippen LogP contribution in [0.5, 0.6) is 11.5 Å². The van der Waals surface area contributed by atoms with Crippen molar-refractivity contribution < 1.29 is 9.84 Å². The number of piperidine rings is 1. The van der Waals surface area contributed by atoms with Crippen molar-refractivity contribution in [2.45, 2.75) is 32.9 Å². The summed E-state index contributed by atoms with van der Waals surface area (Å²) >= 11 is 0. The Bertz CT molecular complexity index is 423. The number of hydrogen-bond donors (Lipinski definition) is 2. The number of benzene rings is 1. The van der Waals surface area contributed by atoms with Gasteiger partial charge in [0.05, 0.1) is 6.61 Å². The lowest BCUT2D eigenvalue weighted by atomic mass is 9.94. The molecule has 0 spiro atoms. The molecule has 1 aliphatic rings. The number of aromatic hydroxyl groups is 1. The molecular formula is C15H24N2O2. The first-order valence-electron chi connectivity index (χ1n) is 7.02. The predicted molar refractivity (Wildman–Crippen MR) is 76.3 cm³/mol. The molecule has 2 rings (SSSR count). The lowest BCUT2D eigenvalue weighted by Crippen LogP contribution is -2.45. The summed E-state index contributed by atoms with van der Waals surface area (Å²) < 4.78 is 5.42. The van der Waals surface area contributed by atoms with E-state index in [9.17, 15) is 5.11 Å². The molecule has 2 atom stereocenters. The maximum absolute atomic E-state index is 9.69. The second-order valence-corrected chi connectivity index (χ2v) is 5.40. The van der Waals surface area contributed by atoms with Crippen molar-refractivity contribution in [1.82, 2.24) is 4.90 Å². The van der Waals surface area contributed by atoms with Gasteiger partial charge in [0, 0.05) is 19.1 Å². The van der Waals surface area contributed by atoms with E-state index < -0.39 is 0 Å².